The van der Waals surface area contributed by atoms with E-state index >= 15 is 0 Å². The van der Waals surface area contributed by atoms with Gasteiger partial charge in [-0.15, -0.1) is 0 Å². The predicted molar refractivity (Wildman–Crippen MR) is 75.5 cm³/mol. The van der Waals surface area contributed by atoms with Crippen LogP contribution in [0.4, 0.5) is 0 Å². The Morgan fingerprint density at radius 1 is 1.43 bits per heavy atom. The molecule has 1 aromatic rings. The monoisotopic (exact) mass is 293 g/mol. The number of methoxy groups -OCH3 is 1. The quantitative estimate of drug-likeness (QED) is 0.882. The van der Waals surface area contributed by atoms with Crippen molar-refractivity contribution in [1.29, 1.82) is 0 Å². The molecule has 1 saturated heterocycles. The summed E-state index contributed by atoms with van der Waals surface area (Å²) >= 11 is 0. The maximum absolute atomic E-state index is 12.5. The Balaban J connectivity index is 2.24. The highest BCUT2D eigenvalue weighted by atomic mass is 16.5. The van der Waals surface area contributed by atoms with Crippen LogP contribution in [0.1, 0.15) is 30.1 Å². The fourth-order valence-corrected chi connectivity index (χ4v) is 2.64. The summed E-state index contributed by atoms with van der Waals surface area (Å²) in [6.07, 6.45) is 0.894. The zero-order valence-corrected chi connectivity index (χ0v) is 12.1. The lowest BCUT2D eigenvalue weighted by Crippen LogP contribution is -2.36. The second kappa shape index (κ2) is 5.63. The van der Waals surface area contributed by atoms with E-state index in [-0.39, 0.29) is 23.8 Å². The Labute approximate surface area is 122 Å². The third-order valence-electron chi connectivity index (χ3n) is 4.21. The van der Waals surface area contributed by atoms with Gasteiger partial charge in [0, 0.05) is 13.1 Å². The summed E-state index contributed by atoms with van der Waals surface area (Å²) in [6, 6.07) is 4.42. The highest BCUT2D eigenvalue weighted by Gasteiger charge is 2.45. The maximum Gasteiger partial charge on any atom is 0.311 e. The van der Waals surface area contributed by atoms with Crippen molar-refractivity contribution < 1.29 is 24.5 Å². The van der Waals surface area contributed by atoms with Crippen LogP contribution in [0, 0.1) is 5.41 Å². The number of carboxylic acid groups (broad SMARTS) is 1. The lowest BCUT2D eigenvalue weighted by molar-refractivity contribution is -0.148. The molecule has 1 atom stereocenters. The van der Waals surface area contributed by atoms with Crippen molar-refractivity contribution in [2.24, 2.45) is 5.41 Å². The number of aromatic hydroxyl groups is 1. The van der Waals surface area contributed by atoms with Gasteiger partial charge in [-0.2, -0.15) is 0 Å². The Hall–Kier alpha value is -2.24. The molecule has 0 aliphatic carbocycles. The number of carbonyl (C=O) groups excluding carboxylic acids is 1. The van der Waals surface area contributed by atoms with E-state index in [0.29, 0.717) is 25.1 Å². The van der Waals surface area contributed by atoms with Crippen molar-refractivity contribution in [1.82, 2.24) is 4.90 Å². The van der Waals surface area contributed by atoms with Gasteiger partial charge in [0.15, 0.2) is 0 Å². The normalized spacial score (nSPS) is 21.3. The molecular weight excluding hydrogens is 274 g/mol. The molecule has 1 aliphatic heterocycles. The minimum Gasteiger partial charge on any atom is -0.507 e. The molecule has 1 unspecified atom stereocenters. The third kappa shape index (κ3) is 2.66. The van der Waals surface area contributed by atoms with Crippen LogP contribution in [0.25, 0.3) is 0 Å². The van der Waals surface area contributed by atoms with Crippen molar-refractivity contribution in [3.63, 3.8) is 0 Å². The van der Waals surface area contributed by atoms with Crippen molar-refractivity contribution in [3.8, 4) is 11.5 Å². The summed E-state index contributed by atoms with van der Waals surface area (Å²) in [4.78, 5) is 25.4. The molecular formula is C15H19NO5. The molecule has 6 heteroatoms. The zero-order valence-electron chi connectivity index (χ0n) is 12.1. The van der Waals surface area contributed by atoms with Gasteiger partial charge in [-0.05, 0) is 31.0 Å². The van der Waals surface area contributed by atoms with Crippen LogP contribution in [-0.4, -0.2) is 47.2 Å². The van der Waals surface area contributed by atoms with Gasteiger partial charge in [-0.1, -0.05) is 6.92 Å². The highest BCUT2D eigenvalue weighted by Crippen LogP contribution is 2.36. The number of hydrogen-bond donors (Lipinski definition) is 2. The second-order valence-electron chi connectivity index (χ2n) is 5.30. The average molecular weight is 293 g/mol. The molecule has 1 amide bonds. The second-order valence-corrected chi connectivity index (χ2v) is 5.30. The van der Waals surface area contributed by atoms with E-state index in [9.17, 15) is 19.8 Å². The number of phenolic OH excluding ortho intramolecular Hbond substituents is 1. The van der Waals surface area contributed by atoms with Crippen LogP contribution in [0.3, 0.4) is 0 Å². The molecule has 0 spiro atoms. The summed E-state index contributed by atoms with van der Waals surface area (Å²) in [5.74, 6) is -0.918. The van der Waals surface area contributed by atoms with E-state index in [1.807, 2.05) is 6.92 Å². The highest BCUT2D eigenvalue weighted by molar-refractivity contribution is 5.98. The van der Waals surface area contributed by atoms with Gasteiger partial charge in [0.25, 0.3) is 5.91 Å². The molecule has 2 rings (SSSR count). The SMILES string of the molecule is CCC1(C(=O)O)CCN(C(=O)c2cc(OC)ccc2O)C1. The largest absolute Gasteiger partial charge is 0.507 e. The first-order chi connectivity index (χ1) is 9.93. The molecule has 0 radical (unpaired) electrons. The Bertz CT molecular complexity index is 571. The first-order valence-electron chi connectivity index (χ1n) is 6.83. The van der Waals surface area contributed by atoms with E-state index in [0.717, 1.165) is 0 Å². The number of rotatable bonds is 4. The van der Waals surface area contributed by atoms with Crippen LogP contribution in [0.2, 0.25) is 0 Å². The molecule has 1 fully saturated rings. The number of phenols is 1. The first-order valence-corrected chi connectivity index (χ1v) is 6.83. The number of carbonyl (C=O) groups is 2. The van der Waals surface area contributed by atoms with Gasteiger partial charge < -0.3 is 19.8 Å². The van der Waals surface area contributed by atoms with Crippen LogP contribution >= 0.6 is 0 Å². The Morgan fingerprint density at radius 2 is 2.14 bits per heavy atom. The number of hydrogen-bond acceptors (Lipinski definition) is 4. The standard InChI is InChI=1S/C15H19NO5/c1-3-15(14(19)20)6-7-16(9-15)13(18)11-8-10(21-2)4-5-12(11)17/h4-5,8,17H,3,6-7,9H2,1-2H3,(H,19,20). The topological polar surface area (TPSA) is 87.1 Å². The molecule has 1 heterocycles. The van der Waals surface area contributed by atoms with E-state index in [1.54, 1.807) is 6.07 Å². The summed E-state index contributed by atoms with van der Waals surface area (Å²) in [5.41, 5.74) is -0.754. The Morgan fingerprint density at radius 3 is 2.67 bits per heavy atom. The number of benzene rings is 1. The van der Waals surface area contributed by atoms with Gasteiger partial charge in [-0.25, -0.2) is 0 Å². The van der Waals surface area contributed by atoms with Gasteiger partial charge in [0.1, 0.15) is 11.5 Å². The third-order valence-corrected chi connectivity index (χ3v) is 4.21. The number of likely N-dealkylation sites (tertiary alicyclic amines) is 1. The summed E-state index contributed by atoms with van der Waals surface area (Å²) in [7, 11) is 1.48. The van der Waals surface area contributed by atoms with Gasteiger partial charge in [-0.3, -0.25) is 9.59 Å². The first kappa shape index (κ1) is 15.2. The number of ether oxygens (including phenoxy) is 1. The van der Waals surface area contributed by atoms with E-state index < -0.39 is 11.4 Å². The number of carboxylic acids is 1. The van der Waals surface area contributed by atoms with Crippen LogP contribution in [-0.2, 0) is 4.79 Å². The van der Waals surface area contributed by atoms with E-state index in [1.165, 1.54) is 24.1 Å². The fourth-order valence-electron chi connectivity index (χ4n) is 2.64. The minimum atomic E-state index is -0.885. The zero-order chi connectivity index (χ0) is 15.6. The van der Waals surface area contributed by atoms with E-state index in [4.69, 9.17) is 4.74 Å². The number of aliphatic carboxylic acids is 1. The molecule has 1 aliphatic rings. The summed E-state index contributed by atoms with van der Waals surface area (Å²) in [5, 5.41) is 19.2. The molecule has 2 N–H and O–H groups in total. The summed E-state index contributed by atoms with van der Waals surface area (Å²) in [6.45, 7) is 2.34. The molecule has 114 valence electrons. The minimum absolute atomic E-state index is 0.131. The van der Waals surface area contributed by atoms with E-state index in [2.05, 4.69) is 0 Å². The van der Waals surface area contributed by atoms with Gasteiger partial charge in [0.2, 0.25) is 0 Å². The lowest BCUT2D eigenvalue weighted by Gasteiger charge is -2.23. The molecule has 21 heavy (non-hydrogen) atoms. The lowest BCUT2D eigenvalue weighted by atomic mass is 9.84. The van der Waals surface area contributed by atoms with Crippen molar-refractivity contribution in [2.45, 2.75) is 19.8 Å². The molecule has 0 bridgehead atoms. The van der Waals surface area contributed by atoms with Crippen molar-refractivity contribution in [3.05, 3.63) is 23.8 Å². The summed E-state index contributed by atoms with van der Waals surface area (Å²) < 4.78 is 5.05. The van der Waals surface area contributed by atoms with Crippen LogP contribution in [0.15, 0.2) is 18.2 Å². The predicted octanol–water partition coefficient (Wildman–Crippen LogP) is 1.73. The number of nitrogens with zero attached hydrogens (tertiary/aromatic N) is 1. The Kier molecular flexibility index (Phi) is 4.06. The van der Waals surface area contributed by atoms with Crippen molar-refractivity contribution >= 4 is 11.9 Å². The number of amides is 1. The fraction of sp³-hybridized carbons (Fsp3) is 0.467. The molecule has 0 saturated carbocycles. The molecule has 1 aromatic carbocycles. The van der Waals surface area contributed by atoms with Gasteiger partial charge >= 0.3 is 5.97 Å². The van der Waals surface area contributed by atoms with Gasteiger partial charge in [0.05, 0.1) is 18.1 Å². The average Bonchev–Trinajstić information content (AvgIpc) is 2.93. The van der Waals surface area contributed by atoms with Crippen molar-refractivity contribution in [2.75, 3.05) is 20.2 Å². The molecule has 0 aromatic heterocycles. The van der Waals surface area contributed by atoms with Crippen LogP contribution in [0.5, 0.6) is 11.5 Å². The smallest absolute Gasteiger partial charge is 0.311 e. The maximum atomic E-state index is 12.5. The van der Waals surface area contributed by atoms with Crippen LogP contribution < -0.4 is 4.74 Å². The molecule has 6 nitrogen and oxygen atoms in total.